The van der Waals surface area contributed by atoms with Gasteiger partial charge in [0.2, 0.25) is 0 Å². The van der Waals surface area contributed by atoms with Crippen molar-refractivity contribution in [3.63, 3.8) is 0 Å². The van der Waals surface area contributed by atoms with Crippen molar-refractivity contribution < 1.29 is 14.7 Å². The molecule has 1 rings (SSSR count). The Hall–Kier alpha value is -1.32. The summed E-state index contributed by atoms with van der Waals surface area (Å²) in [5, 5.41) is 11.1. The van der Waals surface area contributed by atoms with Crippen LogP contribution in [0.3, 0.4) is 0 Å². The van der Waals surface area contributed by atoms with Crippen LogP contribution in [-0.2, 0) is 4.79 Å². The quantitative estimate of drug-likeness (QED) is 0.832. The van der Waals surface area contributed by atoms with E-state index < -0.39 is 17.9 Å². The summed E-state index contributed by atoms with van der Waals surface area (Å²) in [4.78, 5) is 22.8. The van der Waals surface area contributed by atoms with Crippen molar-refractivity contribution in [3.8, 4) is 12.3 Å². The van der Waals surface area contributed by atoms with Crippen molar-refractivity contribution in [1.29, 1.82) is 0 Å². The van der Waals surface area contributed by atoms with Crippen LogP contribution in [0.2, 0.25) is 0 Å². The minimum absolute atomic E-state index is 0.0341. The molecule has 1 unspecified atom stereocenters. The zero-order valence-corrected chi connectivity index (χ0v) is 10.5. The van der Waals surface area contributed by atoms with Crippen LogP contribution in [0.4, 0.5) is 0 Å². The highest BCUT2D eigenvalue weighted by molar-refractivity contribution is 9.11. The molecule has 16 heavy (non-hydrogen) atoms. The highest BCUT2D eigenvalue weighted by Gasteiger charge is 2.20. The zero-order valence-electron chi connectivity index (χ0n) is 8.07. The molecule has 6 heteroatoms. The van der Waals surface area contributed by atoms with Gasteiger partial charge in [0.1, 0.15) is 6.04 Å². The Balaban J connectivity index is 2.69. The number of carbonyl (C=O) groups excluding carboxylic acids is 1. The van der Waals surface area contributed by atoms with Gasteiger partial charge in [-0.05, 0) is 28.1 Å². The van der Waals surface area contributed by atoms with Gasteiger partial charge in [-0.1, -0.05) is 0 Å². The number of hydrogen-bond donors (Lipinski definition) is 2. The van der Waals surface area contributed by atoms with E-state index in [0.717, 1.165) is 3.79 Å². The van der Waals surface area contributed by atoms with Gasteiger partial charge >= 0.3 is 5.97 Å². The van der Waals surface area contributed by atoms with Crippen LogP contribution >= 0.6 is 27.3 Å². The first-order chi connectivity index (χ1) is 7.54. The van der Waals surface area contributed by atoms with E-state index in [9.17, 15) is 9.59 Å². The van der Waals surface area contributed by atoms with Crippen molar-refractivity contribution >= 4 is 39.1 Å². The predicted octanol–water partition coefficient (Wildman–Crippen LogP) is 1.72. The number of hydrogen-bond acceptors (Lipinski definition) is 3. The van der Waals surface area contributed by atoms with Crippen molar-refractivity contribution in [1.82, 2.24) is 5.32 Å². The van der Waals surface area contributed by atoms with Crippen LogP contribution in [-0.4, -0.2) is 23.0 Å². The summed E-state index contributed by atoms with van der Waals surface area (Å²) in [6, 6.07) is 2.29. The van der Waals surface area contributed by atoms with E-state index in [1.165, 1.54) is 11.3 Å². The number of amides is 1. The molecule has 0 spiro atoms. The van der Waals surface area contributed by atoms with E-state index in [4.69, 9.17) is 11.5 Å². The topological polar surface area (TPSA) is 66.4 Å². The lowest BCUT2D eigenvalue weighted by molar-refractivity contribution is -0.139. The summed E-state index contributed by atoms with van der Waals surface area (Å²) in [6.07, 6.45) is 4.98. The number of carboxylic acids is 1. The summed E-state index contributed by atoms with van der Waals surface area (Å²) < 4.78 is 0.807. The lowest BCUT2D eigenvalue weighted by Gasteiger charge is -2.10. The Kier molecular flexibility index (Phi) is 4.52. The second kappa shape index (κ2) is 5.68. The summed E-state index contributed by atoms with van der Waals surface area (Å²) in [5.41, 5.74) is 0. The predicted molar refractivity (Wildman–Crippen MR) is 64.4 cm³/mol. The Morgan fingerprint density at radius 2 is 2.31 bits per heavy atom. The minimum Gasteiger partial charge on any atom is -0.480 e. The lowest BCUT2D eigenvalue weighted by Crippen LogP contribution is -2.40. The average Bonchev–Trinajstić information content (AvgIpc) is 2.64. The zero-order chi connectivity index (χ0) is 12.1. The van der Waals surface area contributed by atoms with Crippen LogP contribution in [0.25, 0.3) is 0 Å². The van der Waals surface area contributed by atoms with Crippen molar-refractivity contribution in [2.24, 2.45) is 0 Å². The first-order valence-corrected chi connectivity index (χ1v) is 5.88. The monoisotopic (exact) mass is 301 g/mol. The van der Waals surface area contributed by atoms with Gasteiger partial charge in [-0.2, -0.15) is 0 Å². The van der Waals surface area contributed by atoms with Crippen molar-refractivity contribution in [2.75, 3.05) is 0 Å². The molecular formula is C10H8BrNO3S. The first kappa shape index (κ1) is 12.7. The Morgan fingerprint density at radius 1 is 1.62 bits per heavy atom. The second-order valence-corrected chi connectivity index (χ2v) is 5.34. The Labute approximate surface area is 105 Å². The SMILES string of the molecule is C#CCC(NC(=O)c1ccc(Br)s1)C(=O)O. The summed E-state index contributed by atoms with van der Waals surface area (Å²) >= 11 is 4.44. The van der Waals surface area contributed by atoms with Gasteiger partial charge < -0.3 is 10.4 Å². The molecule has 1 aromatic rings. The van der Waals surface area contributed by atoms with Crippen LogP contribution in [0.5, 0.6) is 0 Å². The van der Waals surface area contributed by atoms with Gasteiger partial charge in [0.05, 0.1) is 8.66 Å². The average molecular weight is 302 g/mol. The van der Waals surface area contributed by atoms with E-state index in [1.54, 1.807) is 12.1 Å². The van der Waals surface area contributed by atoms with E-state index in [1.807, 2.05) is 0 Å². The third-order valence-electron chi connectivity index (χ3n) is 1.72. The van der Waals surface area contributed by atoms with Crippen LogP contribution in [0, 0.1) is 12.3 Å². The van der Waals surface area contributed by atoms with Gasteiger partial charge in [-0.15, -0.1) is 23.7 Å². The number of terminal acetylenes is 1. The molecule has 1 heterocycles. The standard InChI is InChI=1S/C10H8BrNO3S/c1-2-3-6(10(14)15)12-9(13)7-4-5-8(11)16-7/h1,4-6H,3H2,(H,12,13)(H,14,15). The molecule has 0 fully saturated rings. The fourth-order valence-corrected chi connectivity index (χ4v) is 2.27. The van der Waals surface area contributed by atoms with E-state index in [0.29, 0.717) is 4.88 Å². The molecule has 1 aromatic heterocycles. The van der Waals surface area contributed by atoms with E-state index in [2.05, 4.69) is 27.2 Å². The molecule has 4 nitrogen and oxygen atoms in total. The second-order valence-electron chi connectivity index (χ2n) is 2.88. The minimum atomic E-state index is -1.14. The van der Waals surface area contributed by atoms with Crippen LogP contribution in [0.1, 0.15) is 16.1 Å². The maximum atomic E-state index is 11.6. The molecule has 84 valence electrons. The van der Waals surface area contributed by atoms with Gasteiger partial charge in [-0.3, -0.25) is 4.79 Å². The van der Waals surface area contributed by atoms with Crippen molar-refractivity contribution in [3.05, 3.63) is 20.8 Å². The van der Waals surface area contributed by atoms with Crippen molar-refractivity contribution in [2.45, 2.75) is 12.5 Å². The highest BCUT2D eigenvalue weighted by Crippen LogP contribution is 2.21. The molecular weight excluding hydrogens is 294 g/mol. The molecule has 0 saturated heterocycles. The number of carboxylic acid groups (broad SMARTS) is 1. The molecule has 0 aliphatic heterocycles. The molecule has 0 radical (unpaired) electrons. The first-order valence-electron chi connectivity index (χ1n) is 4.27. The fourth-order valence-electron chi connectivity index (χ4n) is 0.984. The smallest absolute Gasteiger partial charge is 0.327 e. The Morgan fingerprint density at radius 3 is 2.75 bits per heavy atom. The molecule has 1 amide bonds. The van der Waals surface area contributed by atoms with E-state index in [-0.39, 0.29) is 6.42 Å². The van der Waals surface area contributed by atoms with Gasteiger partial charge in [0.15, 0.2) is 0 Å². The highest BCUT2D eigenvalue weighted by atomic mass is 79.9. The number of aliphatic carboxylic acids is 1. The van der Waals surface area contributed by atoms with Crippen LogP contribution < -0.4 is 5.32 Å². The molecule has 1 atom stereocenters. The largest absolute Gasteiger partial charge is 0.480 e. The number of halogens is 1. The normalized spacial score (nSPS) is 11.5. The maximum Gasteiger partial charge on any atom is 0.327 e. The molecule has 0 aromatic carbocycles. The number of carbonyl (C=O) groups is 2. The number of thiophene rings is 1. The lowest BCUT2D eigenvalue weighted by atomic mass is 10.2. The molecule has 0 aliphatic rings. The molecule has 2 N–H and O–H groups in total. The fraction of sp³-hybridized carbons (Fsp3) is 0.200. The summed E-state index contributed by atoms with van der Waals surface area (Å²) in [5.74, 6) is 0.641. The third kappa shape index (κ3) is 3.36. The van der Waals surface area contributed by atoms with Gasteiger partial charge in [0.25, 0.3) is 5.91 Å². The number of rotatable bonds is 4. The molecule has 0 saturated carbocycles. The van der Waals surface area contributed by atoms with Gasteiger partial charge in [-0.25, -0.2) is 4.79 Å². The van der Waals surface area contributed by atoms with E-state index >= 15 is 0 Å². The third-order valence-corrected chi connectivity index (χ3v) is 3.34. The van der Waals surface area contributed by atoms with Crippen LogP contribution in [0.15, 0.2) is 15.9 Å². The summed E-state index contributed by atoms with van der Waals surface area (Å²) in [6.45, 7) is 0. The summed E-state index contributed by atoms with van der Waals surface area (Å²) in [7, 11) is 0. The maximum absolute atomic E-state index is 11.6. The van der Waals surface area contributed by atoms with Gasteiger partial charge in [0, 0.05) is 6.42 Å². The Bertz CT molecular complexity index is 449. The molecule has 0 aliphatic carbocycles. The molecule has 0 bridgehead atoms. The number of nitrogens with one attached hydrogen (secondary N) is 1.